The zero-order valence-electron chi connectivity index (χ0n) is 11.9. The third kappa shape index (κ3) is 3.47. The summed E-state index contributed by atoms with van der Waals surface area (Å²) in [5, 5.41) is 7.96. The molecule has 19 heavy (non-hydrogen) atoms. The largest absolute Gasteiger partial charge is 0.310 e. The average molecular weight is 259 g/mol. The molecule has 0 bridgehead atoms. The fraction of sp³-hybridized carbons (Fsp3) is 0.688. The molecule has 3 nitrogen and oxygen atoms in total. The summed E-state index contributed by atoms with van der Waals surface area (Å²) in [4.78, 5) is 0. The SMILES string of the molecule is Cn1nccc1/C=C(/CNC1CC1)C1CCCCC1. The van der Waals surface area contributed by atoms with Gasteiger partial charge in [-0.05, 0) is 43.7 Å². The molecule has 0 aromatic carbocycles. The lowest BCUT2D eigenvalue weighted by atomic mass is 9.83. The Hall–Kier alpha value is -1.09. The number of aromatic nitrogens is 2. The van der Waals surface area contributed by atoms with Crippen LogP contribution in [0.1, 0.15) is 50.6 Å². The maximum Gasteiger partial charge on any atom is 0.0606 e. The van der Waals surface area contributed by atoms with Crippen molar-refractivity contribution in [3.8, 4) is 0 Å². The lowest BCUT2D eigenvalue weighted by Gasteiger charge is -2.25. The van der Waals surface area contributed by atoms with E-state index in [1.807, 2.05) is 17.9 Å². The van der Waals surface area contributed by atoms with Crippen molar-refractivity contribution in [2.24, 2.45) is 13.0 Å². The van der Waals surface area contributed by atoms with Crippen LogP contribution in [-0.2, 0) is 7.05 Å². The van der Waals surface area contributed by atoms with E-state index in [4.69, 9.17) is 0 Å². The van der Waals surface area contributed by atoms with Crippen LogP contribution in [0.3, 0.4) is 0 Å². The van der Waals surface area contributed by atoms with Gasteiger partial charge in [-0.2, -0.15) is 5.10 Å². The van der Waals surface area contributed by atoms with E-state index in [2.05, 4.69) is 22.6 Å². The van der Waals surface area contributed by atoms with Crippen molar-refractivity contribution >= 4 is 6.08 Å². The highest BCUT2D eigenvalue weighted by atomic mass is 15.2. The molecule has 2 fully saturated rings. The van der Waals surface area contributed by atoms with Crippen LogP contribution in [0, 0.1) is 5.92 Å². The van der Waals surface area contributed by atoms with Crippen molar-refractivity contribution in [2.45, 2.75) is 51.0 Å². The standard InChI is InChI=1S/C16H25N3/c1-19-16(9-10-18-19)11-14(12-17-15-7-8-15)13-5-3-2-4-6-13/h9-11,13,15,17H,2-8,12H2,1H3/b14-11-. The van der Waals surface area contributed by atoms with Crippen LogP contribution in [-0.4, -0.2) is 22.4 Å². The average Bonchev–Trinajstić information content (AvgIpc) is 3.19. The quantitative estimate of drug-likeness (QED) is 0.880. The van der Waals surface area contributed by atoms with Crippen LogP contribution in [0.15, 0.2) is 17.8 Å². The second-order valence-electron chi connectivity index (χ2n) is 6.09. The van der Waals surface area contributed by atoms with Gasteiger partial charge < -0.3 is 5.32 Å². The molecular weight excluding hydrogens is 234 g/mol. The molecule has 0 spiro atoms. The Morgan fingerprint density at radius 2 is 2.11 bits per heavy atom. The topological polar surface area (TPSA) is 29.9 Å². The number of rotatable bonds is 5. The first-order valence-corrected chi connectivity index (χ1v) is 7.75. The van der Waals surface area contributed by atoms with Crippen LogP contribution >= 0.6 is 0 Å². The van der Waals surface area contributed by atoms with Gasteiger partial charge in [-0.25, -0.2) is 0 Å². The molecule has 0 atom stereocenters. The Morgan fingerprint density at radius 3 is 2.74 bits per heavy atom. The molecule has 104 valence electrons. The van der Waals surface area contributed by atoms with Crippen molar-refractivity contribution in [3.05, 3.63) is 23.5 Å². The third-order valence-electron chi connectivity index (χ3n) is 4.49. The van der Waals surface area contributed by atoms with Crippen LogP contribution < -0.4 is 5.32 Å². The number of hydrogen-bond acceptors (Lipinski definition) is 2. The second-order valence-corrected chi connectivity index (χ2v) is 6.09. The summed E-state index contributed by atoms with van der Waals surface area (Å²) in [7, 11) is 2.03. The fourth-order valence-corrected chi connectivity index (χ4v) is 3.05. The Balaban J connectivity index is 1.73. The predicted molar refractivity (Wildman–Crippen MR) is 78.8 cm³/mol. The van der Waals surface area contributed by atoms with E-state index >= 15 is 0 Å². The van der Waals surface area contributed by atoms with Crippen molar-refractivity contribution < 1.29 is 0 Å². The maximum atomic E-state index is 4.27. The summed E-state index contributed by atoms with van der Waals surface area (Å²) in [6.07, 6.45) is 14.0. The molecule has 0 unspecified atom stereocenters. The highest BCUT2D eigenvalue weighted by molar-refractivity contribution is 5.50. The molecule has 2 aliphatic rings. The van der Waals surface area contributed by atoms with Gasteiger partial charge in [0, 0.05) is 25.8 Å². The predicted octanol–water partition coefficient (Wildman–Crippen LogP) is 3.14. The summed E-state index contributed by atoms with van der Waals surface area (Å²) in [6, 6.07) is 2.90. The number of nitrogens with one attached hydrogen (secondary N) is 1. The van der Waals surface area contributed by atoms with Crippen LogP contribution in [0.5, 0.6) is 0 Å². The van der Waals surface area contributed by atoms with Crippen molar-refractivity contribution in [3.63, 3.8) is 0 Å². The van der Waals surface area contributed by atoms with Gasteiger partial charge in [0.05, 0.1) is 5.69 Å². The molecule has 1 heterocycles. The molecule has 0 saturated heterocycles. The minimum atomic E-state index is 0.787. The fourth-order valence-electron chi connectivity index (χ4n) is 3.05. The first-order valence-electron chi connectivity index (χ1n) is 7.75. The summed E-state index contributed by atoms with van der Waals surface area (Å²) in [6.45, 7) is 1.07. The molecule has 3 heteroatoms. The molecule has 0 radical (unpaired) electrons. The second kappa shape index (κ2) is 5.91. The molecular formula is C16H25N3. The Labute approximate surface area is 116 Å². The Kier molecular flexibility index (Phi) is 4.02. The van der Waals surface area contributed by atoms with Gasteiger partial charge in [0.1, 0.15) is 0 Å². The van der Waals surface area contributed by atoms with Gasteiger partial charge in [0.15, 0.2) is 0 Å². The maximum absolute atomic E-state index is 4.27. The molecule has 1 aromatic heterocycles. The molecule has 1 N–H and O–H groups in total. The first kappa shape index (κ1) is 12.9. The van der Waals surface area contributed by atoms with Gasteiger partial charge in [-0.15, -0.1) is 0 Å². The highest BCUT2D eigenvalue weighted by Crippen LogP contribution is 2.31. The Bertz CT molecular complexity index is 437. The summed E-state index contributed by atoms with van der Waals surface area (Å²) in [5.74, 6) is 0.787. The van der Waals surface area contributed by atoms with Crippen molar-refractivity contribution in [2.75, 3.05) is 6.54 Å². The first-order chi connectivity index (χ1) is 9.33. The van der Waals surface area contributed by atoms with Crippen LogP contribution in [0.4, 0.5) is 0 Å². The molecule has 2 saturated carbocycles. The van der Waals surface area contributed by atoms with E-state index in [1.165, 1.54) is 50.6 Å². The number of nitrogens with zero attached hydrogens (tertiary/aromatic N) is 2. The minimum absolute atomic E-state index is 0.787. The van der Waals surface area contributed by atoms with E-state index in [1.54, 1.807) is 5.57 Å². The van der Waals surface area contributed by atoms with E-state index in [9.17, 15) is 0 Å². The summed E-state index contributed by atoms with van der Waals surface area (Å²) >= 11 is 0. The van der Waals surface area contributed by atoms with E-state index in [-0.39, 0.29) is 0 Å². The monoisotopic (exact) mass is 259 g/mol. The smallest absolute Gasteiger partial charge is 0.0606 e. The zero-order chi connectivity index (χ0) is 13.1. The van der Waals surface area contributed by atoms with Gasteiger partial charge in [0.25, 0.3) is 0 Å². The lowest BCUT2D eigenvalue weighted by molar-refractivity contribution is 0.396. The minimum Gasteiger partial charge on any atom is -0.310 e. The zero-order valence-corrected chi connectivity index (χ0v) is 11.9. The third-order valence-corrected chi connectivity index (χ3v) is 4.49. The molecule has 3 rings (SSSR count). The van der Waals surface area contributed by atoms with Crippen LogP contribution in [0.25, 0.3) is 6.08 Å². The number of aryl methyl sites for hydroxylation is 1. The lowest BCUT2D eigenvalue weighted by Crippen LogP contribution is -2.24. The van der Waals surface area contributed by atoms with E-state index in [0.29, 0.717) is 0 Å². The van der Waals surface area contributed by atoms with E-state index in [0.717, 1.165) is 18.5 Å². The molecule has 0 amide bonds. The summed E-state index contributed by atoms with van der Waals surface area (Å²) < 4.78 is 1.97. The molecule has 1 aromatic rings. The van der Waals surface area contributed by atoms with Gasteiger partial charge >= 0.3 is 0 Å². The number of hydrogen-bond donors (Lipinski definition) is 1. The molecule has 0 aliphatic heterocycles. The van der Waals surface area contributed by atoms with Gasteiger partial charge in [0.2, 0.25) is 0 Å². The van der Waals surface area contributed by atoms with Gasteiger partial charge in [-0.1, -0.05) is 24.8 Å². The van der Waals surface area contributed by atoms with E-state index < -0.39 is 0 Å². The normalized spacial score (nSPS) is 21.8. The molecule has 2 aliphatic carbocycles. The van der Waals surface area contributed by atoms with Crippen molar-refractivity contribution in [1.82, 2.24) is 15.1 Å². The van der Waals surface area contributed by atoms with Crippen LogP contribution in [0.2, 0.25) is 0 Å². The summed E-state index contributed by atoms with van der Waals surface area (Å²) in [5.41, 5.74) is 2.83. The van der Waals surface area contributed by atoms with Crippen molar-refractivity contribution in [1.29, 1.82) is 0 Å². The highest BCUT2D eigenvalue weighted by Gasteiger charge is 2.23. The van der Waals surface area contributed by atoms with Gasteiger partial charge in [-0.3, -0.25) is 4.68 Å². The Morgan fingerprint density at radius 1 is 1.32 bits per heavy atom.